The molecule has 1 fully saturated rings. The number of amides is 1. The molecule has 0 aromatic heterocycles. The minimum absolute atomic E-state index is 0.153. The van der Waals surface area contributed by atoms with Crippen molar-refractivity contribution in [3.8, 4) is 0 Å². The fourth-order valence-corrected chi connectivity index (χ4v) is 2.60. The molecule has 1 aromatic rings. The van der Waals surface area contributed by atoms with Crippen LogP contribution in [0.2, 0.25) is 0 Å². The molecule has 2 rings (SSSR count). The van der Waals surface area contributed by atoms with E-state index in [0.717, 1.165) is 31.4 Å². The van der Waals surface area contributed by atoms with Crippen molar-refractivity contribution in [2.75, 3.05) is 6.54 Å². The van der Waals surface area contributed by atoms with E-state index in [1.165, 1.54) is 11.0 Å². The molecule has 2 unspecified atom stereocenters. The SMILES string of the molecule is CC(N)C1CCCCN1C(=O)c1c(F)cccc1F. The molecular weight excluding hydrogens is 250 g/mol. The monoisotopic (exact) mass is 268 g/mol. The number of benzene rings is 1. The highest BCUT2D eigenvalue weighted by Crippen LogP contribution is 2.23. The highest BCUT2D eigenvalue weighted by atomic mass is 19.1. The van der Waals surface area contributed by atoms with E-state index in [2.05, 4.69) is 0 Å². The van der Waals surface area contributed by atoms with Crippen LogP contribution in [0.3, 0.4) is 0 Å². The quantitative estimate of drug-likeness (QED) is 0.894. The van der Waals surface area contributed by atoms with E-state index in [4.69, 9.17) is 5.73 Å². The van der Waals surface area contributed by atoms with Gasteiger partial charge in [-0.25, -0.2) is 8.78 Å². The molecule has 1 saturated heterocycles. The maximum Gasteiger partial charge on any atom is 0.260 e. The molecule has 0 aliphatic carbocycles. The molecule has 0 saturated carbocycles. The van der Waals surface area contributed by atoms with Gasteiger partial charge in [0.25, 0.3) is 5.91 Å². The van der Waals surface area contributed by atoms with Gasteiger partial charge in [0.1, 0.15) is 17.2 Å². The molecule has 3 nitrogen and oxygen atoms in total. The van der Waals surface area contributed by atoms with Crippen molar-refractivity contribution >= 4 is 5.91 Å². The van der Waals surface area contributed by atoms with Crippen molar-refractivity contribution in [3.05, 3.63) is 35.4 Å². The van der Waals surface area contributed by atoms with Crippen LogP contribution < -0.4 is 5.73 Å². The van der Waals surface area contributed by atoms with Crippen LogP contribution >= 0.6 is 0 Å². The topological polar surface area (TPSA) is 46.3 Å². The smallest absolute Gasteiger partial charge is 0.260 e. The lowest BCUT2D eigenvalue weighted by Gasteiger charge is -2.38. The Kier molecular flexibility index (Phi) is 4.14. The van der Waals surface area contributed by atoms with Crippen LogP contribution in [0.4, 0.5) is 8.78 Å². The van der Waals surface area contributed by atoms with Gasteiger partial charge in [0, 0.05) is 18.6 Å². The van der Waals surface area contributed by atoms with Gasteiger partial charge in [0.2, 0.25) is 0 Å². The van der Waals surface area contributed by atoms with Gasteiger partial charge in [0.15, 0.2) is 0 Å². The standard InChI is InChI=1S/C14H18F2N2O/c1-9(17)12-7-2-3-8-18(12)14(19)13-10(15)5-4-6-11(13)16/h4-6,9,12H,2-3,7-8,17H2,1H3. The summed E-state index contributed by atoms with van der Waals surface area (Å²) in [6, 6.07) is 3.09. The van der Waals surface area contributed by atoms with E-state index >= 15 is 0 Å². The molecule has 2 N–H and O–H groups in total. The van der Waals surface area contributed by atoms with Gasteiger partial charge in [-0.3, -0.25) is 4.79 Å². The largest absolute Gasteiger partial charge is 0.334 e. The summed E-state index contributed by atoms with van der Waals surface area (Å²) in [5, 5.41) is 0. The Balaban J connectivity index is 2.32. The lowest BCUT2D eigenvalue weighted by atomic mass is 9.96. The molecule has 1 heterocycles. The van der Waals surface area contributed by atoms with Crippen molar-refractivity contribution in [2.45, 2.75) is 38.3 Å². The van der Waals surface area contributed by atoms with Crippen molar-refractivity contribution in [2.24, 2.45) is 5.73 Å². The van der Waals surface area contributed by atoms with Crippen molar-refractivity contribution < 1.29 is 13.6 Å². The highest BCUT2D eigenvalue weighted by molar-refractivity contribution is 5.95. The summed E-state index contributed by atoms with van der Waals surface area (Å²) in [6.07, 6.45) is 2.60. The molecule has 0 spiro atoms. The van der Waals surface area contributed by atoms with Crippen LogP contribution in [-0.4, -0.2) is 29.4 Å². The van der Waals surface area contributed by atoms with Gasteiger partial charge >= 0.3 is 0 Å². The Morgan fingerprint density at radius 1 is 1.37 bits per heavy atom. The molecular formula is C14H18F2N2O. The number of likely N-dealkylation sites (tertiary alicyclic amines) is 1. The molecule has 0 bridgehead atoms. The first-order valence-corrected chi connectivity index (χ1v) is 6.53. The van der Waals surface area contributed by atoms with Gasteiger partial charge in [-0.15, -0.1) is 0 Å². The first kappa shape index (κ1) is 13.9. The Morgan fingerprint density at radius 3 is 2.58 bits per heavy atom. The second-order valence-corrected chi connectivity index (χ2v) is 5.02. The Bertz CT molecular complexity index is 456. The summed E-state index contributed by atoms with van der Waals surface area (Å²) in [7, 11) is 0. The van der Waals surface area contributed by atoms with E-state index in [0.29, 0.717) is 6.54 Å². The Labute approximate surface area is 111 Å². The van der Waals surface area contributed by atoms with Gasteiger partial charge in [-0.1, -0.05) is 6.07 Å². The van der Waals surface area contributed by atoms with E-state index in [1.54, 1.807) is 0 Å². The maximum absolute atomic E-state index is 13.7. The molecule has 1 aliphatic heterocycles. The zero-order valence-electron chi connectivity index (χ0n) is 10.9. The fourth-order valence-electron chi connectivity index (χ4n) is 2.60. The van der Waals surface area contributed by atoms with Gasteiger partial charge in [-0.05, 0) is 38.3 Å². The first-order chi connectivity index (χ1) is 9.02. The van der Waals surface area contributed by atoms with E-state index in [9.17, 15) is 13.6 Å². The third-order valence-electron chi connectivity index (χ3n) is 3.59. The number of carbonyl (C=O) groups excluding carboxylic acids is 1. The number of halogens is 2. The minimum Gasteiger partial charge on any atom is -0.334 e. The molecule has 1 amide bonds. The molecule has 104 valence electrons. The van der Waals surface area contributed by atoms with Crippen LogP contribution in [0.15, 0.2) is 18.2 Å². The molecule has 19 heavy (non-hydrogen) atoms. The second-order valence-electron chi connectivity index (χ2n) is 5.02. The first-order valence-electron chi connectivity index (χ1n) is 6.53. The number of rotatable bonds is 2. The van der Waals surface area contributed by atoms with Gasteiger partial charge < -0.3 is 10.6 Å². The van der Waals surface area contributed by atoms with E-state index < -0.39 is 23.1 Å². The molecule has 1 aromatic carbocycles. The molecule has 0 radical (unpaired) electrons. The van der Waals surface area contributed by atoms with Crippen LogP contribution in [0, 0.1) is 11.6 Å². The van der Waals surface area contributed by atoms with Crippen molar-refractivity contribution in [1.29, 1.82) is 0 Å². The lowest BCUT2D eigenvalue weighted by molar-refractivity contribution is 0.0574. The summed E-state index contributed by atoms with van der Waals surface area (Å²) in [5.74, 6) is -2.24. The van der Waals surface area contributed by atoms with Gasteiger partial charge in [0.05, 0.1) is 0 Å². The lowest BCUT2D eigenvalue weighted by Crippen LogP contribution is -2.52. The van der Waals surface area contributed by atoms with Gasteiger partial charge in [-0.2, -0.15) is 0 Å². The van der Waals surface area contributed by atoms with Crippen LogP contribution in [0.25, 0.3) is 0 Å². The maximum atomic E-state index is 13.7. The minimum atomic E-state index is -0.820. The third-order valence-corrected chi connectivity index (χ3v) is 3.59. The fraction of sp³-hybridized carbons (Fsp3) is 0.500. The van der Waals surface area contributed by atoms with Crippen LogP contribution in [0.1, 0.15) is 36.5 Å². The molecule has 1 aliphatic rings. The number of hydrogen-bond acceptors (Lipinski definition) is 2. The Hall–Kier alpha value is -1.49. The number of nitrogens with two attached hydrogens (primary N) is 1. The summed E-state index contributed by atoms with van der Waals surface area (Å²) in [4.78, 5) is 13.9. The molecule has 2 atom stereocenters. The highest BCUT2D eigenvalue weighted by Gasteiger charge is 2.32. The molecule has 5 heteroatoms. The van der Waals surface area contributed by atoms with Crippen molar-refractivity contribution in [3.63, 3.8) is 0 Å². The van der Waals surface area contributed by atoms with Crippen LogP contribution in [0.5, 0.6) is 0 Å². The predicted octanol–water partition coefficient (Wildman–Crippen LogP) is 2.31. The third kappa shape index (κ3) is 2.76. The van der Waals surface area contributed by atoms with Crippen molar-refractivity contribution in [1.82, 2.24) is 4.90 Å². The summed E-state index contributed by atoms with van der Waals surface area (Å²) >= 11 is 0. The zero-order chi connectivity index (χ0) is 14.0. The number of nitrogens with zero attached hydrogens (tertiary/aromatic N) is 1. The average molecular weight is 268 g/mol. The predicted molar refractivity (Wildman–Crippen MR) is 68.7 cm³/mol. The average Bonchev–Trinajstić information content (AvgIpc) is 2.38. The summed E-state index contributed by atoms with van der Waals surface area (Å²) < 4.78 is 27.3. The normalized spacial score (nSPS) is 21.3. The zero-order valence-corrected chi connectivity index (χ0v) is 10.9. The van der Waals surface area contributed by atoms with E-state index in [1.807, 2.05) is 6.92 Å². The van der Waals surface area contributed by atoms with E-state index in [-0.39, 0.29) is 12.1 Å². The number of piperidine rings is 1. The van der Waals surface area contributed by atoms with Crippen LogP contribution in [-0.2, 0) is 0 Å². The number of hydrogen-bond donors (Lipinski definition) is 1. The Morgan fingerprint density at radius 2 is 2.00 bits per heavy atom. The summed E-state index contributed by atoms with van der Waals surface area (Å²) in [6.45, 7) is 2.31. The summed E-state index contributed by atoms with van der Waals surface area (Å²) in [5.41, 5.74) is 5.39. The number of carbonyl (C=O) groups is 1. The second kappa shape index (κ2) is 5.65.